The van der Waals surface area contributed by atoms with Crippen molar-refractivity contribution < 1.29 is 0 Å². The normalized spacial score (nSPS) is 9.71. The molecular weight excluding hydrogens is 325 g/mol. The summed E-state index contributed by atoms with van der Waals surface area (Å²) in [5.74, 6) is 0. The van der Waals surface area contributed by atoms with E-state index in [1.54, 1.807) is 12.3 Å². The van der Waals surface area contributed by atoms with E-state index in [2.05, 4.69) is 51.9 Å². The van der Waals surface area contributed by atoms with E-state index < -0.39 is 0 Å². The summed E-state index contributed by atoms with van der Waals surface area (Å²) in [6, 6.07) is 11.7. The van der Waals surface area contributed by atoms with Crippen molar-refractivity contribution in [3.8, 4) is 6.07 Å². The lowest BCUT2D eigenvalue weighted by atomic mass is 10.2. The van der Waals surface area contributed by atoms with E-state index >= 15 is 0 Å². The van der Waals surface area contributed by atoms with Crippen LogP contribution in [0.15, 0.2) is 36.5 Å². The summed E-state index contributed by atoms with van der Waals surface area (Å²) < 4.78 is 1.21. The Balaban J connectivity index is 2.25. The van der Waals surface area contributed by atoms with Gasteiger partial charge in [-0.2, -0.15) is 5.26 Å². The third kappa shape index (κ3) is 2.94. The zero-order valence-electron chi connectivity index (χ0n) is 9.24. The fraction of sp³-hybridized carbons (Fsp3) is 0.0769. The Morgan fingerprint density at radius 2 is 2.00 bits per heavy atom. The van der Waals surface area contributed by atoms with Crippen LogP contribution in [0.1, 0.15) is 11.3 Å². The summed E-state index contributed by atoms with van der Waals surface area (Å²) in [4.78, 5) is 3.93. The molecule has 1 heterocycles. The smallest absolute Gasteiger partial charge is 0.142 e. The molecule has 2 rings (SSSR count). The number of halogens is 1. The number of nitriles is 1. The molecule has 2 aromatic rings. The molecule has 0 aliphatic heterocycles. The maximum absolute atomic E-state index is 8.77. The van der Waals surface area contributed by atoms with Crippen LogP contribution in [0.4, 0.5) is 11.4 Å². The Hall–Kier alpha value is -1.61. The average molecular weight is 335 g/mol. The molecule has 0 aliphatic carbocycles. The molecule has 1 aromatic carbocycles. The second-order valence-corrected chi connectivity index (χ2v) is 4.79. The molecule has 0 fully saturated rings. The third-order valence-corrected chi connectivity index (χ3v) is 3.50. The Bertz CT molecular complexity index is 587. The molecule has 0 amide bonds. The number of aryl methyl sites for hydroxylation is 1. The lowest BCUT2D eigenvalue weighted by molar-refractivity contribution is 1.26. The highest BCUT2D eigenvalue weighted by molar-refractivity contribution is 14.1. The first-order valence-corrected chi connectivity index (χ1v) is 6.16. The van der Waals surface area contributed by atoms with Crippen LogP contribution in [0.3, 0.4) is 0 Å². The predicted octanol–water partition coefficient (Wildman–Crippen LogP) is 3.61. The summed E-state index contributed by atoms with van der Waals surface area (Å²) >= 11 is 2.30. The highest BCUT2D eigenvalue weighted by Crippen LogP contribution is 2.21. The molecule has 0 saturated heterocycles. The highest BCUT2D eigenvalue weighted by Gasteiger charge is 1.99. The standard InChI is InChI=1S/C13H10IN3/c1-9-2-3-10(7-13(9)14)17-11-4-5-16-12(6-11)8-15/h2-7H,1H3,(H,16,17). The van der Waals surface area contributed by atoms with Gasteiger partial charge in [-0.15, -0.1) is 0 Å². The first-order valence-electron chi connectivity index (χ1n) is 5.08. The summed E-state index contributed by atoms with van der Waals surface area (Å²) in [6.45, 7) is 2.08. The van der Waals surface area contributed by atoms with Gasteiger partial charge in [0.25, 0.3) is 0 Å². The first-order chi connectivity index (χ1) is 8.19. The molecule has 0 aliphatic rings. The van der Waals surface area contributed by atoms with Crippen LogP contribution >= 0.6 is 22.6 Å². The highest BCUT2D eigenvalue weighted by atomic mass is 127. The number of nitrogens with zero attached hydrogens (tertiary/aromatic N) is 2. The van der Waals surface area contributed by atoms with Gasteiger partial charge in [0.1, 0.15) is 11.8 Å². The molecule has 0 unspecified atom stereocenters. The molecule has 0 atom stereocenters. The first kappa shape index (κ1) is 11.9. The van der Waals surface area contributed by atoms with Gasteiger partial charge < -0.3 is 5.32 Å². The van der Waals surface area contributed by atoms with Gasteiger partial charge >= 0.3 is 0 Å². The number of pyridine rings is 1. The molecule has 84 valence electrons. The zero-order chi connectivity index (χ0) is 12.3. The molecule has 1 aromatic heterocycles. The quantitative estimate of drug-likeness (QED) is 0.853. The molecule has 0 saturated carbocycles. The number of hydrogen-bond acceptors (Lipinski definition) is 3. The number of nitrogens with one attached hydrogen (secondary N) is 1. The number of rotatable bonds is 2. The van der Waals surface area contributed by atoms with Gasteiger partial charge in [-0.05, 0) is 59.3 Å². The van der Waals surface area contributed by atoms with E-state index in [0.29, 0.717) is 5.69 Å². The van der Waals surface area contributed by atoms with Crippen LogP contribution in [0, 0.1) is 21.8 Å². The maximum Gasteiger partial charge on any atom is 0.142 e. The van der Waals surface area contributed by atoms with Gasteiger partial charge in [-0.25, -0.2) is 4.98 Å². The second kappa shape index (κ2) is 5.15. The van der Waals surface area contributed by atoms with E-state index in [-0.39, 0.29) is 0 Å². The Kier molecular flexibility index (Phi) is 3.59. The summed E-state index contributed by atoms with van der Waals surface area (Å²) in [5.41, 5.74) is 3.55. The van der Waals surface area contributed by atoms with E-state index in [1.165, 1.54) is 9.13 Å². The van der Waals surface area contributed by atoms with Crippen LogP contribution in [-0.4, -0.2) is 4.98 Å². The molecule has 3 nitrogen and oxygen atoms in total. The van der Waals surface area contributed by atoms with Crippen molar-refractivity contribution in [2.24, 2.45) is 0 Å². The van der Waals surface area contributed by atoms with Gasteiger partial charge in [0.2, 0.25) is 0 Å². The van der Waals surface area contributed by atoms with Gasteiger partial charge in [0, 0.05) is 21.1 Å². The molecule has 0 radical (unpaired) electrons. The zero-order valence-corrected chi connectivity index (χ0v) is 11.4. The Morgan fingerprint density at radius 3 is 2.71 bits per heavy atom. The molecular formula is C13H10IN3. The van der Waals surface area contributed by atoms with Crippen molar-refractivity contribution in [2.45, 2.75) is 6.92 Å². The predicted molar refractivity (Wildman–Crippen MR) is 76.1 cm³/mol. The number of hydrogen-bond donors (Lipinski definition) is 1. The van der Waals surface area contributed by atoms with Gasteiger partial charge in [-0.3, -0.25) is 0 Å². The summed E-state index contributed by atoms with van der Waals surface area (Å²) in [5, 5.41) is 12.0. The minimum atomic E-state index is 0.414. The van der Waals surface area contributed by atoms with E-state index in [1.807, 2.05) is 18.2 Å². The number of anilines is 2. The summed E-state index contributed by atoms with van der Waals surface area (Å²) in [6.07, 6.45) is 1.63. The second-order valence-electron chi connectivity index (χ2n) is 3.63. The van der Waals surface area contributed by atoms with E-state index in [4.69, 9.17) is 5.26 Å². The Labute approximate surface area is 114 Å². The molecule has 4 heteroatoms. The number of benzene rings is 1. The largest absolute Gasteiger partial charge is 0.355 e. The van der Waals surface area contributed by atoms with Crippen molar-refractivity contribution >= 4 is 34.0 Å². The lowest BCUT2D eigenvalue weighted by Crippen LogP contribution is -1.93. The van der Waals surface area contributed by atoms with E-state index in [0.717, 1.165) is 11.4 Å². The van der Waals surface area contributed by atoms with Crippen molar-refractivity contribution in [3.63, 3.8) is 0 Å². The van der Waals surface area contributed by atoms with Crippen molar-refractivity contribution in [1.82, 2.24) is 4.98 Å². The SMILES string of the molecule is Cc1ccc(Nc2ccnc(C#N)c2)cc1I. The van der Waals surface area contributed by atoms with Crippen molar-refractivity contribution in [1.29, 1.82) is 5.26 Å². The molecule has 0 spiro atoms. The monoisotopic (exact) mass is 335 g/mol. The van der Waals surface area contributed by atoms with Crippen LogP contribution in [0.5, 0.6) is 0 Å². The maximum atomic E-state index is 8.77. The molecule has 0 bridgehead atoms. The third-order valence-electron chi connectivity index (χ3n) is 2.33. The van der Waals surface area contributed by atoms with Crippen LogP contribution < -0.4 is 5.32 Å². The van der Waals surface area contributed by atoms with Gasteiger partial charge in [0.05, 0.1) is 0 Å². The molecule has 1 N–H and O–H groups in total. The fourth-order valence-corrected chi connectivity index (χ4v) is 1.92. The molecule has 17 heavy (non-hydrogen) atoms. The van der Waals surface area contributed by atoms with E-state index in [9.17, 15) is 0 Å². The topological polar surface area (TPSA) is 48.7 Å². The van der Waals surface area contributed by atoms with Crippen LogP contribution in [-0.2, 0) is 0 Å². The van der Waals surface area contributed by atoms with Crippen molar-refractivity contribution in [3.05, 3.63) is 51.4 Å². The minimum Gasteiger partial charge on any atom is -0.355 e. The fourth-order valence-electron chi connectivity index (χ4n) is 1.41. The van der Waals surface area contributed by atoms with Gasteiger partial charge in [0.15, 0.2) is 0 Å². The van der Waals surface area contributed by atoms with Crippen molar-refractivity contribution in [2.75, 3.05) is 5.32 Å². The van der Waals surface area contributed by atoms with Crippen LogP contribution in [0.25, 0.3) is 0 Å². The summed E-state index contributed by atoms with van der Waals surface area (Å²) in [7, 11) is 0. The minimum absolute atomic E-state index is 0.414. The average Bonchev–Trinajstić information content (AvgIpc) is 2.34. The number of aromatic nitrogens is 1. The lowest BCUT2D eigenvalue weighted by Gasteiger charge is -2.07. The van der Waals surface area contributed by atoms with Gasteiger partial charge in [-0.1, -0.05) is 6.07 Å². The van der Waals surface area contributed by atoms with Crippen LogP contribution in [0.2, 0.25) is 0 Å². The Morgan fingerprint density at radius 1 is 1.24 bits per heavy atom.